The summed E-state index contributed by atoms with van der Waals surface area (Å²) in [6, 6.07) is 1.94. The third-order valence-electron chi connectivity index (χ3n) is 1.52. The molecule has 76 valence electrons. The summed E-state index contributed by atoms with van der Waals surface area (Å²) in [5.41, 5.74) is -1.29. The number of hydrogen-bond acceptors (Lipinski definition) is 2. The van der Waals surface area contributed by atoms with Crippen LogP contribution in [0.2, 0.25) is 0 Å². The van der Waals surface area contributed by atoms with E-state index in [-0.39, 0.29) is 5.56 Å². The molecule has 0 aromatic heterocycles. The monoisotopic (exact) mass is 207 g/mol. The second-order valence-corrected chi connectivity index (χ2v) is 2.48. The fraction of sp³-hybridized carbons (Fsp3) is 0.125. The highest BCUT2D eigenvalue weighted by molar-refractivity contribution is 5.79. The number of rotatable bonds is 1. The molecule has 1 aromatic rings. The van der Waals surface area contributed by atoms with E-state index in [9.17, 15) is 17.6 Å². The van der Waals surface area contributed by atoms with Gasteiger partial charge < -0.3 is 5.21 Å². The zero-order valence-electron chi connectivity index (χ0n) is 6.72. The van der Waals surface area contributed by atoms with Crippen molar-refractivity contribution in [2.75, 3.05) is 0 Å². The van der Waals surface area contributed by atoms with Gasteiger partial charge in [-0.1, -0.05) is 5.16 Å². The second-order valence-electron chi connectivity index (χ2n) is 2.48. The van der Waals surface area contributed by atoms with Gasteiger partial charge in [0.2, 0.25) is 0 Å². The first-order valence-corrected chi connectivity index (χ1v) is 3.49. The molecule has 1 aromatic carbocycles. The van der Waals surface area contributed by atoms with E-state index in [4.69, 9.17) is 5.21 Å². The summed E-state index contributed by atoms with van der Waals surface area (Å²) >= 11 is 0. The Labute approximate surface area is 76.5 Å². The highest BCUT2D eigenvalue weighted by Crippen LogP contribution is 2.29. The topological polar surface area (TPSA) is 32.6 Å². The smallest absolute Gasteiger partial charge is 0.411 e. The van der Waals surface area contributed by atoms with Crippen molar-refractivity contribution in [3.8, 4) is 0 Å². The van der Waals surface area contributed by atoms with Crippen LogP contribution in [0, 0.1) is 5.82 Å². The van der Waals surface area contributed by atoms with Crippen LogP contribution >= 0.6 is 0 Å². The Morgan fingerprint density at radius 1 is 1.29 bits per heavy atom. The molecule has 0 amide bonds. The molecule has 6 heteroatoms. The molecule has 2 nitrogen and oxygen atoms in total. The average Bonchev–Trinajstić information content (AvgIpc) is 2.07. The number of nitrogens with zero attached hydrogens (tertiary/aromatic N) is 1. The highest BCUT2D eigenvalue weighted by atomic mass is 19.4. The summed E-state index contributed by atoms with van der Waals surface area (Å²) in [6.07, 6.45) is -3.86. The van der Waals surface area contributed by atoms with E-state index in [1.54, 1.807) is 0 Å². The number of hydrogen-bond donors (Lipinski definition) is 1. The molecule has 0 saturated carbocycles. The van der Waals surface area contributed by atoms with Crippen molar-refractivity contribution in [2.24, 2.45) is 5.16 Å². The zero-order valence-corrected chi connectivity index (χ0v) is 6.72. The quantitative estimate of drug-likeness (QED) is 0.326. The number of halogens is 4. The van der Waals surface area contributed by atoms with Crippen molar-refractivity contribution in [1.29, 1.82) is 0 Å². The molecule has 0 heterocycles. The van der Waals surface area contributed by atoms with Crippen LogP contribution in [-0.2, 0) is 6.18 Å². The normalized spacial score (nSPS) is 12.3. The van der Waals surface area contributed by atoms with Crippen molar-refractivity contribution < 1.29 is 22.8 Å². The van der Waals surface area contributed by atoms with Crippen LogP contribution in [-0.4, -0.2) is 11.4 Å². The molecule has 1 rings (SSSR count). The molecule has 0 aliphatic rings. The standard InChI is InChI=1S/C8H5F4NO/c9-7-3-6(8(10,11)12)2-1-5(7)4-13-14/h1-4,14H. The van der Waals surface area contributed by atoms with Gasteiger partial charge in [0.1, 0.15) is 5.82 Å². The summed E-state index contributed by atoms with van der Waals surface area (Å²) in [5.74, 6) is -1.09. The van der Waals surface area contributed by atoms with Gasteiger partial charge in [-0.25, -0.2) is 4.39 Å². The fourth-order valence-electron chi connectivity index (χ4n) is 0.870. The lowest BCUT2D eigenvalue weighted by molar-refractivity contribution is -0.137. The van der Waals surface area contributed by atoms with Crippen LogP contribution < -0.4 is 0 Å². The fourth-order valence-corrected chi connectivity index (χ4v) is 0.870. The molecule has 0 unspecified atom stereocenters. The lowest BCUT2D eigenvalue weighted by Crippen LogP contribution is -2.06. The molecular weight excluding hydrogens is 202 g/mol. The molecule has 0 spiro atoms. The maximum absolute atomic E-state index is 12.9. The second kappa shape index (κ2) is 3.65. The first-order chi connectivity index (χ1) is 6.45. The van der Waals surface area contributed by atoms with Crippen molar-refractivity contribution in [3.63, 3.8) is 0 Å². The van der Waals surface area contributed by atoms with Crippen molar-refractivity contribution in [1.82, 2.24) is 0 Å². The molecule has 0 aliphatic heterocycles. The number of benzene rings is 1. The molecule has 0 bridgehead atoms. The van der Waals surface area contributed by atoms with Crippen LogP contribution in [0.5, 0.6) is 0 Å². The molecule has 0 aliphatic carbocycles. The third-order valence-corrected chi connectivity index (χ3v) is 1.52. The average molecular weight is 207 g/mol. The van der Waals surface area contributed by atoms with E-state index in [1.165, 1.54) is 0 Å². The van der Waals surface area contributed by atoms with Crippen LogP contribution in [0.15, 0.2) is 23.4 Å². The van der Waals surface area contributed by atoms with Crippen molar-refractivity contribution >= 4 is 6.21 Å². The van der Waals surface area contributed by atoms with Gasteiger partial charge in [0.15, 0.2) is 0 Å². The van der Waals surface area contributed by atoms with Gasteiger partial charge in [-0.15, -0.1) is 0 Å². The minimum Gasteiger partial charge on any atom is -0.411 e. The largest absolute Gasteiger partial charge is 0.416 e. The summed E-state index contributed by atoms with van der Waals surface area (Å²) in [6.45, 7) is 0. The first-order valence-electron chi connectivity index (χ1n) is 3.49. The summed E-state index contributed by atoms with van der Waals surface area (Å²) in [7, 11) is 0. The van der Waals surface area contributed by atoms with E-state index in [0.717, 1.165) is 12.3 Å². The number of oxime groups is 1. The minimum absolute atomic E-state index is 0.208. The van der Waals surface area contributed by atoms with Crippen LogP contribution in [0.1, 0.15) is 11.1 Å². The lowest BCUT2D eigenvalue weighted by atomic mass is 10.1. The van der Waals surface area contributed by atoms with E-state index in [0.29, 0.717) is 12.1 Å². The SMILES string of the molecule is ON=Cc1ccc(C(F)(F)F)cc1F. The summed E-state index contributed by atoms with van der Waals surface area (Å²) in [5, 5.41) is 10.6. The van der Waals surface area contributed by atoms with E-state index in [2.05, 4.69) is 5.16 Å². The van der Waals surface area contributed by atoms with E-state index < -0.39 is 17.6 Å². The van der Waals surface area contributed by atoms with Crippen LogP contribution in [0.25, 0.3) is 0 Å². The van der Waals surface area contributed by atoms with E-state index in [1.807, 2.05) is 0 Å². The van der Waals surface area contributed by atoms with Gasteiger partial charge in [-0.05, 0) is 18.2 Å². The Kier molecular flexibility index (Phi) is 2.73. The third kappa shape index (κ3) is 2.21. The molecule has 0 atom stereocenters. The molecule has 0 saturated heterocycles. The lowest BCUT2D eigenvalue weighted by Gasteiger charge is -2.06. The van der Waals surface area contributed by atoms with Crippen molar-refractivity contribution in [3.05, 3.63) is 35.1 Å². The van der Waals surface area contributed by atoms with Gasteiger partial charge in [0.25, 0.3) is 0 Å². The Bertz CT molecular complexity index is 359. The van der Waals surface area contributed by atoms with Crippen LogP contribution in [0.3, 0.4) is 0 Å². The molecule has 0 radical (unpaired) electrons. The Morgan fingerprint density at radius 2 is 1.93 bits per heavy atom. The Morgan fingerprint density at radius 3 is 2.36 bits per heavy atom. The first kappa shape index (κ1) is 10.5. The minimum atomic E-state index is -4.57. The van der Waals surface area contributed by atoms with E-state index >= 15 is 0 Å². The van der Waals surface area contributed by atoms with Crippen molar-refractivity contribution in [2.45, 2.75) is 6.18 Å². The maximum atomic E-state index is 12.9. The molecular formula is C8H5F4NO. The van der Waals surface area contributed by atoms with Gasteiger partial charge in [-0.3, -0.25) is 0 Å². The summed E-state index contributed by atoms with van der Waals surface area (Å²) < 4.78 is 49.0. The molecule has 0 fully saturated rings. The zero-order chi connectivity index (χ0) is 10.8. The van der Waals surface area contributed by atoms with Gasteiger partial charge in [0, 0.05) is 5.56 Å². The molecule has 1 N–H and O–H groups in total. The Hall–Kier alpha value is -1.59. The predicted octanol–water partition coefficient (Wildman–Crippen LogP) is 2.65. The van der Waals surface area contributed by atoms with Gasteiger partial charge in [0.05, 0.1) is 11.8 Å². The highest BCUT2D eigenvalue weighted by Gasteiger charge is 2.30. The van der Waals surface area contributed by atoms with Crippen LogP contribution in [0.4, 0.5) is 17.6 Å². The Balaban J connectivity index is 3.13. The van der Waals surface area contributed by atoms with Gasteiger partial charge in [-0.2, -0.15) is 13.2 Å². The van der Waals surface area contributed by atoms with Gasteiger partial charge >= 0.3 is 6.18 Å². The predicted molar refractivity (Wildman–Crippen MR) is 40.8 cm³/mol. The summed E-state index contributed by atoms with van der Waals surface area (Å²) in [4.78, 5) is 0. The number of alkyl halides is 3. The molecule has 14 heavy (non-hydrogen) atoms. The maximum Gasteiger partial charge on any atom is 0.416 e.